The lowest BCUT2D eigenvalue weighted by molar-refractivity contribution is -0.387. The number of nitrogens with two attached hydrogens (primary N) is 1. The number of benzene rings is 1. The van der Waals surface area contributed by atoms with Crippen LogP contribution in [0.4, 0.5) is 5.69 Å². The number of primary amides is 1. The van der Waals surface area contributed by atoms with Crippen molar-refractivity contribution in [1.29, 1.82) is 0 Å². The standard InChI is InChI=1S/C11H8N4O3S/c12-10(16)7-2-3-9(8(6-7)15(17)18)19-11-13-4-1-5-14-11/h1-6H,(H2,12,16). The summed E-state index contributed by atoms with van der Waals surface area (Å²) in [5.41, 5.74) is 4.98. The van der Waals surface area contributed by atoms with E-state index in [1.54, 1.807) is 18.5 Å². The lowest BCUT2D eigenvalue weighted by Gasteiger charge is -2.03. The zero-order valence-electron chi connectivity index (χ0n) is 9.52. The summed E-state index contributed by atoms with van der Waals surface area (Å²) < 4.78 is 0. The molecule has 2 rings (SSSR count). The summed E-state index contributed by atoms with van der Waals surface area (Å²) in [6, 6.07) is 5.68. The Morgan fingerprint density at radius 3 is 2.58 bits per heavy atom. The van der Waals surface area contributed by atoms with E-state index in [2.05, 4.69) is 9.97 Å². The van der Waals surface area contributed by atoms with E-state index in [-0.39, 0.29) is 11.3 Å². The van der Waals surface area contributed by atoms with Crippen LogP contribution in [-0.4, -0.2) is 20.8 Å². The number of hydrogen-bond donors (Lipinski definition) is 1. The molecule has 7 nitrogen and oxygen atoms in total. The molecule has 1 aromatic carbocycles. The van der Waals surface area contributed by atoms with E-state index in [0.717, 1.165) is 17.8 Å². The van der Waals surface area contributed by atoms with Crippen LogP contribution < -0.4 is 5.73 Å². The molecule has 19 heavy (non-hydrogen) atoms. The number of aromatic nitrogens is 2. The predicted molar refractivity (Wildman–Crippen MR) is 67.8 cm³/mol. The summed E-state index contributed by atoms with van der Waals surface area (Å²) in [6.45, 7) is 0. The molecule has 0 saturated heterocycles. The third kappa shape index (κ3) is 3.05. The van der Waals surface area contributed by atoms with Crippen molar-refractivity contribution in [1.82, 2.24) is 9.97 Å². The maximum atomic E-state index is 11.0. The Morgan fingerprint density at radius 1 is 1.32 bits per heavy atom. The number of nitro benzene ring substituents is 1. The summed E-state index contributed by atoms with van der Waals surface area (Å²) in [4.78, 5) is 29.7. The predicted octanol–water partition coefficient (Wildman–Crippen LogP) is 1.63. The molecule has 1 amide bonds. The van der Waals surface area contributed by atoms with Crippen LogP contribution in [0, 0.1) is 10.1 Å². The van der Waals surface area contributed by atoms with Gasteiger partial charge in [-0.15, -0.1) is 0 Å². The fourth-order valence-corrected chi connectivity index (χ4v) is 2.13. The van der Waals surface area contributed by atoms with Gasteiger partial charge in [-0.25, -0.2) is 9.97 Å². The molecule has 0 aliphatic carbocycles. The first-order valence-corrected chi connectivity index (χ1v) is 5.92. The van der Waals surface area contributed by atoms with Gasteiger partial charge in [-0.2, -0.15) is 0 Å². The van der Waals surface area contributed by atoms with Crippen LogP contribution in [0.1, 0.15) is 10.4 Å². The maximum absolute atomic E-state index is 11.0. The van der Waals surface area contributed by atoms with E-state index < -0.39 is 10.8 Å². The molecule has 1 aromatic heterocycles. The largest absolute Gasteiger partial charge is 0.366 e. The summed E-state index contributed by atoms with van der Waals surface area (Å²) >= 11 is 1.05. The molecule has 2 aromatic rings. The first kappa shape index (κ1) is 13.0. The molecule has 0 radical (unpaired) electrons. The van der Waals surface area contributed by atoms with Crippen molar-refractivity contribution in [2.24, 2.45) is 5.73 Å². The number of rotatable bonds is 4. The highest BCUT2D eigenvalue weighted by Gasteiger charge is 2.18. The van der Waals surface area contributed by atoms with Crippen molar-refractivity contribution in [2.45, 2.75) is 10.1 Å². The van der Waals surface area contributed by atoms with Gasteiger partial charge >= 0.3 is 0 Å². The van der Waals surface area contributed by atoms with Gasteiger partial charge in [-0.3, -0.25) is 14.9 Å². The Hall–Kier alpha value is -2.48. The monoisotopic (exact) mass is 276 g/mol. The molecule has 0 unspecified atom stereocenters. The van der Waals surface area contributed by atoms with E-state index in [1.165, 1.54) is 12.1 Å². The average molecular weight is 276 g/mol. The normalized spacial score (nSPS) is 10.1. The second-order valence-electron chi connectivity index (χ2n) is 3.44. The molecule has 1 heterocycles. The van der Waals surface area contributed by atoms with Crippen molar-refractivity contribution in [3.8, 4) is 0 Å². The Kier molecular flexibility index (Phi) is 3.71. The number of hydrogen-bond acceptors (Lipinski definition) is 6. The van der Waals surface area contributed by atoms with Crippen molar-refractivity contribution in [2.75, 3.05) is 0 Å². The van der Waals surface area contributed by atoms with Crippen LogP contribution in [0.15, 0.2) is 46.7 Å². The fraction of sp³-hybridized carbons (Fsp3) is 0. The summed E-state index contributed by atoms with van der Waals surface area (Å²) in [5, 5.41) is 11.4. The maximum Gasteiger partial charge on any atom is 0.284 e. The first-order valence-electron chi connectivity index (χ1n) is 5.11. The number of carbonyl (C=O) groups is 1. The smallest absolute Gasteiger partial charge is 0.284 e. The van der Waals surface area contributed by atoms with E-state index in [9.17, 15) is 14.9 Å². The van der Waals surface area contributed by atoms with Crippen LogP contribution in [0.3, 0.4) is 0 Å². The van der Waals surface area contributed by atoms with Crippen LogP contribution >= 0.6 is 11.8 Å². The van der Waals surface area contributed by atoms with Crippen LogP contribution in [0.2, 0.25) is 0 Å². The highest BCUT2D eigenvalue weighted by Crippen LogP contribution is 2.33. The molecule has 0 aliphatic rings. The lowest BCUT2D eigenvalue weighted by Crippen LogP contribution is -2.11. The van der Waals surface area contributed by atoms with Gasteiger partial charge in [-0.05, 0) is 30.0 Å². The van der Waals surface area contributed by atoms with Crippen LogP contribution in [0.25, 0.3) is 0 Å². The fourth-order valence-electron chi connectivity index (χ4n) is 1.34. The van der Waals surface area contributed by atoms with Gasteiger partial charge in [0.05, 0.1) is 9.82 Å². The topological polar surface area (TPSA) is 112 Å². The van der Waals surface area contributed by atoms with Crippen LogP contribution in [0.5, 0.6) is 0 Å². The molecule has 0 fully saturated rings. The van der Waals surface area contributed by atoms with Gasteiger partial charge in [0.1, 0.15) is 0 Å². The average Bonchev–Trinajstić information content (AvgIpc) is 2.39. The zero-order valence-corrected chi connectivity index (χ0v) is 10.3. The van der Waals surface area contributed by atoms with Gasteiger partial charge in [0.2, 0.25) is 5.91 Å². The third-order valence-electron chi connectivity index (χ3n) is 2.18. The minimum absolute atomic E-state index is 0.0880. The zero-order chi connectivity index (χ0) is 13.8. The summed E-state index contributed by atoms with van der Waals surface area (Å²) in [6.07, 6.45) is 3.08. The molecular formula is C11H8N4O3S. The van der Waals surface area contributed by atoms with Crippen molar-refractivity contribution >= 4 is 23.4 Å². The summed E-state index contributed by atoms with van der Waals surface area (Å²) in [5.74, 6) is -0.712. The second kappa shape index (κ2) is 5.44. The molecular weight excluding hydrogens is 268 g/mol. The molecule has 0 aliphatic heterocycles. The molecule has 0 saturated carbocycles. The van der Waals surface area contributed by atoms with Crippen molar-refractivity contribution in [3.63, 3.8) is 0 Å². The Bertz CT molecular complexity index is 633. The number of nitrogens with zero attached hydrogens (tertiary/aromatic N) is 3. The van der Waals surface area contributed by atoms with Gasteiger partial charge in [0.15, 0.2) is 5.16 Å². The van der Waals surface area contributed by atoms with Crippen molar-refractivity contribution < 1.29 is 9.72 Å². The highest BCUT2D eigenvalue weighted by atomic mass is 32.2. The van der Waals surface area contributed by atoms with Gasteiger partial charge in [-0.1, -0.05) is 0 Å². The van der Waals surface area contributed by atoms with Gasteiger partial charge in [0.25, 0.3) is 5.69 Å². The minimum atomic E-state index is -0.712. The molecule has 0 atom stereocenters. The number of amides is 1. The third-order valence-corrected chi connectivity index (χ3v) is 3.14. The minimum Gasteiger partial charge on any atom is -0.366 e. The molecule has 96 valence electrons. The number of carbonyl (C=O) groups excluding carboxylic acids is 1. The van der Waals surface area contributed by atoms with E-state index in [1.807, 2.05) is 0 Å². The second-order valence-corrected chi connectivity index (χ2v) is 4.45. The first-order chi connectivity index (χ1) is 9.08. The van der Waals surface area contributed by atoms with E-state index >= 15 is 0 Å². The quantitative estimate of drug-likeness (QED) is 0.516. The summed E-state index contributed by atoms with van der Waals surface area (Å²) in [7, 11) is 0. The SMILES string of the molecule is NC(=O)c1ccc(Sc2ncccn2)c([N+](=O)[O-])c1. The molecule has 2 N–H and O–H groups in total. The van der Waals surface area contributed by atoms with E-state index in [0.29, 0.717) is 10.1 Å². The van der Waals surface area contributed by atoms with Crippen molar-refractivity contribution in [3.05, 3.63) is 52.3 Å². The van der Waals surface area contributed by atoms with Crippen LogP contribution in [-0.2, 0) is 0 Å². The Balaban J connectivity index is 2.40. The highest BCUT2D eigenvalue weighted by molar-refractivity contribution is 7.99. The van der Waals surface area contributed by atoms with Gasteiger partial charge < -0.3 is 5.73 Å². The molecule has 0 bridgehead atoms. The Labute approximate surface area is 112 Å². The molecule has 8 heteroatoms. The number of nitro groups is 1. The Morgan fingerprint density at radius 2 is 2.00 bits per heavy atom. The van der Waals surface area contributed by atoms with E-state index in [4.69, 9.17) is 5.73 Å². The lowest BCUT2D eigenvalue weighted by atomic mass is 10.2. The molecule has 0 spiro atoms. The van der Waals surface area contributed by atoms with Gasteiger partial charge in [0, 0.05) is 24.0 Å².